The van der Waals surface area contributed by atoms with Gasteiger partial charge in [-0.2, -0.15) is 0 Å². The van der Waals surface area contributed by atoms with Crippen molar-refractivity contribution < 1.29 is 9.59 Å². The Morgan fingerprint density at radius 2 is 1.42 bits per heavy atom. The Hall–Kier alpha value is -4.18. The Morgan fingerprint density at radius 1 is 0.750 bits per heavy atom. The fourth-order valence-electron chi connectivity index (χ4n) is 5.55. The van der Waals surface area contributed by atoms with Crippen LogP contribution in [0.25, 0.3) is 6.08 Å². The third-order valence-electron chi connectivity index (χ3n) is 7.48. The summed E-state index contributed by atoms with van der Waals surface area (Å²) in [7, 11) is 1.93. The topological polar surface area (TPSA) is 37.4 Å². The monoisotopic (exact) mass is 467 g/mol. The average molecular weight is 467 g/mol. The van der Waals surface area contributed by atoms with Crippen LogP contribution in [0.1, 0.15) is 56.8 Å². The van der Waals surface area contributed by atoms with Crippen molar-refractivity contribution in [1.82, 2.24) is 0 Å². The van der Waals surface area contributed by atoms with Crippen molar-refractivity contribution in [1.29, 1.82) is 0 Å². The molecule has 36 heavy (non-hydrogen) atoms. The van der Waals surface area contributed by atoms with Gasteiger partial charge in [0.1, 0.15) is 7.85 Å². The van der Waals surface area contributed by atoms with Gasteiger partial charge in [-0.1, -0.05) is 79.5 Å². The van der Waals surface area contributed by atoms with Gasteiger partial charge in [-0.3, -0.25) is 9.59 Å². The number of aryl methyl sites for hydroxylation is 1. The van der Waals surface area contributed by atoms with Crippen LogP contribution in [-0.2, 0) is 5.41 Å². The molecule has 1 aliphatic carbocycles. The molecule has 0 aromatic heterocycles. The largest absolute Gasteiger partial charge is 0.310 e. The number of rotatable bonds is 2. The second-order valence-electron chi connectivity index (χ2n) is 10.4. The Bertz CT molecular complexity index is 1610. The smallest absolute Gasteiger partial charge is 0.197 e. The molecule has 0 saturated carbocycles. The highest BCUT2D eigenvalue weighted by Crippen LogP contribution is 2.52. The van der Waals surface area contributed by atoms with Gasteiger partial charge in [0.25, 0.3) is 0 Å². The zero-order valence-electron chi connectivity index (χ0n) is 20.9. The lowest BCUT2D eigenvalue weighted by Gasteiger charge is -2.42. The number of hydrogen-bond donors (Lipinski definition) is 0. The van der Waals surface area contributed by atoms with Gasteiger partial charge < -0.3 is 4.90 Å². The van der Waals surface area contributed by atoms with Crippen LogP contribution in [0.3, 0.4) is 0 Å². The summed E-state index contributed by atoms with van der Waals surface area (Å²) in [4.78, 5) is 28.5. The summed E-state index contributed by atoms with van der Waals surface area (Å²) >= 11 is 0. The zero-order chi connectivity index (χ0) is 25.2. The van der Waals surface area contributed by atoms with Crippen LogP contribution in [0.4, 0.5) is 17.1 Å². The van der Waals surface area contributed by atoms with Crippen LogP contribution in [0.2, 0.25) is 0 Å². The van der Waals surface area contributed by atoms with Crippen LogP contribution >= 0.6 is 0 Å². The third kappa shape index (κ3) is 3.29. The predicted octanol–water partition coefficient (Wildman–Crippen LogP) is 5.83. The molecule has 0 fully saturated rings. The molecule has 174 valence electrons. The minimum absolute atomic E-state index is 0.192. The van der Waals surface area contributed by atoms with Gasteiger partial charge in [0.2, 0.25) is 0 Å². The fourth-order valence-corrected chi connectivity index (χ4v) is 5.55. The van der Waals surface area contributed by atoms with E-state index in [9.17, 15) is 9.59 Å². The summed E-state index contributed by atoms with van der Waals surface area (Å²) in [5, 5.41) is 0. The van der Waals surface area contributed by atoms with E-state index in [2.05, 4.69) is 80.3 Å². The van der Waals surface area contributed by atoms with Crippen molar-refractivity contribution in [3.63, 3.8) is 0 Å². The molecular formula is C32H26BNO2. The number of ketones is 2. The Morgan fingerprint density at radius 3 is 2.17 bits per heavy atom. The molecule has 0 radical (unpaired) electrons. The lowest BCUT2D eigenvalue weighted by atomic mass is 9.72. The summed E-state index contributed by atoms with van der Waals surface area (Å²) < 4.78 is 0. The van der Waals surface area contributed by atoms with Crippen LogP contribution in [0.15, 0.2) is 90.5 Å². The van der Waals surface area contributed by atoms with Crippen molar-refractivity contribution in [2.45, 2.75) is 26.2 Å². The maximum absolute atomic E-state index is 13.1. The number of fused-ring (bicyclic) bond motifs is 3. The van der Waals surface area contributed by atoms with E-state index in [1.54, 1.807) is 12.1 Å². The first-order chi connectivity index (χ1) is 17.3. The van der Waals surface area contributed by atoms with Crippen molar-refractivity contribution in [2.75, 3.05) is 4.90 Å². The van der Waals surface area contributed by atoms with Crippen LogP contribution in [-0.4, -0.2) is 19.4 Å². The molecule has 0 atom stereocenters. The highest BCUT2D eigenvalue weighted by molar-refractivity contribution is 6.42. The average Bonchev–Trinajstić information content (AvgIpc) is 3.09. The Labute approximate surface area is 212 Å². The van der Waals surface area contributed by atoms with E-state index in [1.165, 1.54) is 16.8 Å². The van der Waals surface area contributed by atoms with E-state index in [0.717, 1.165) is 28.0 Å². The quantitative estimate of drug-likeness (QED) is 0.212. The molecule has 4 aromatic rings. The molecule has 2 aliphatic rings. The number of hydrogen-bond acceptors (Lipinski definition) is 3. The van der Waals surface area contributed by atoms with Gasteiger partial charge in [-0.15, -0.1) is 0 Å². The van der Waals surface area contributed by atoms with Crippen LogP contribution < -0.4 is 10.4 Å². The normalized spacial score (nSPS) is 16.6. The molecule has 4 aromatic carbocycles. The van der Waals surface area contributed by atoms with Gasteiger partial charge in [-0.25, -0.2) is 0 Å². The van der Waals surface area contributed by atoms with Gasteiger partial charge in [-0.05, 0) is 60.0 Å². The number of Topliss-reactive ketones (excluding diaryl/α,β-unsaturated/α-hetero) is 2. The number of nitrogens with zero attached hydrogens (tertiary/aromatic N) is 1. The van der Waals surface area contributed by atoms with E-state index in [4.69, 9.17) is 0 Å². The van der Waals surface area contributed by atoms with Gasteiger partial charge in [0.05, 0.1) is 16.9 Å². The number of benzene rings is 4. The summed E-state index contributed by atoms with van der Waals surface area (Å²) in [6, 6.07) is 28.7. The molecule has 6 rings (SSSR count). The minimum Gasteiger partial charge on any atom is -0.310 e. The molecule has 0 spiro atoms. The summed E-state index contributed by atoms with van der Waals surface area (Å²) in [6.07, 6.45) is 1.76. The lowest BCUT2D eigenvalue weighted by molar-refractivity contribution is 0.0990. The van der Waals surface area contributed by atoms with Crippen molar-refractivity contribution in [2.24, 2.45) is 0 Å². The maximum Gasteiger partial charge on any atom is 0.197 e. The third-order valence-corrected chi connectivity index (χ3v) is 7.48. The number of carbonyl (C=O) groups excluding carboxylic acids is 2. The Balaban J connectivity index is 1.52. The highest BCUT2D eigenvalue weighted by Gasteiger charge is 2.37. The molecule has 0 bridgehead atoms. The number of para-hydroxylation sites is 1. The minimum atomic E-state index is -0.264. The van der Waals surface area contributed by atoms with E-state index in [1.807, 2.05) is 32.1 Å². The molecule has 1 heterocycles. The van der Waals surface area contributed by atoms with E-state index in [0.29, 0.717) is 11.1 Å². The van der Waals surface area contributed by atoms with Crippen molar-refractivity contribution in [3.05, 3.63) is 124 Å². The molecular weight excluding hydrogens is 441 g/mol. The van der Waals surface area contributed by atoms with Crippen LogP contribution in [0.5, 0.6) is 0 Å². The molecule has 0 amide bonds. The van der Waals surface area contributed by atoms with E-state index >= 15 is 0 Å². The van der Waals surface area contributed by atoms with Gasteiger partial charge in [0, 0.05) is 22.2 Å². The Kier molecular flexibility index (Phi) is 4.91. The standard InChI is InChI=1S/C32H26BNO2/c1-19-9-13-28-26(15-19)32(2,3)27-17-20(10-14-29(27)34(28)22-7-5-4-6-8-22)16-25-30(35)23-12-11-21(33)18-24(23)31(25)36/h4-18H,33H2,1-3H3/b25-16-. The summed E-state index contributed by atoms with van der Waals surface area (Å²) in [5.41, 5.74) is 9.79. The van der Waals surface area contributed by atoms with Gasteiger partial charge in [0.15, 0.2) is 11.6 Å². The SMILES string of the molecule is Bc1ccc2c(c1)C(=O)/C(=C\c1ccc3c(c1)C(C)(C)c1cc(C)ccc1N3c1ccccc1)C2=O. The fraction of sp³-hybridized carbons (Fsp3) is 0.125. The van der Waals surface area contributed by atoms with E-state index in [-0.39, 0.29) is 22.6 Å². The highest BCUT2D eigenvalue weighted by atomic mass is 16.2. The summed E-state index contributed by atoms with van der Waals surface area (Å²) in [6.45, 7) is 6.61. The number of carbonyl (C=O) groups is 2. The number of anilines is 3. The molecule has 0 N–H and O–H groups in total. The molecule has 0 unspecified atom stereocenters. The van der Waals surface area contributed by atoms with Crippen LogP contribution in [0, 0.1) is 6.92 Å². The first-order valence-corrected chi connectivity index (χ1v) is 12.3. The first kappa shape index (κ1) is 22.3. The zero-order valence-corrected chi connectivity index (χ0v) is 20.9. The second kappa shape index (κ2) is 7.92. The van der Waals surface area contributed by atoms with Crippen molar-refractivity contribution >= 4 is 48.0 Å². The van der Waals surface area contributed by atoms with Crippen molar-refractivity contribution in [3.8, 4) is 0 Å². The molecule has 0 saturated heterocycles. The van der Waals surface area contributed by atoms with E-state index < -0.39 is 0 Å². The molecule has 4 heteroatoms. The first-order valence-electron chi connectivity index (χ1n) is 12.3. The maximum atomic E-state index is 13.1. The second-order valence-corrected chi connectivity index (χ2v) is 10.4. The number of allylic oxidation sites excluding steroid dienone is 1. The summed E-state index contributed by atoms with van der Waals surface area (Å²) in [5.74, 6) is -0.388. The molecule has 1 aliphatic heterocycles. The van der Waals surface area contributed by atoms with Gasteiger partial charge >= 0.3 is 0 Å². The predicted molar refractivity (Wildman–Crippen MR) is 149 cm³/mol. The lowest BCUT2D eigenvalue weighted by Crippen LogP contribution is -2.30. The molecule has 3 nitrogen and oxygen atoms in total.